The van der Waals surface area contributed by atoms with Crippen molar-refractivity contribution >= 4 is 23.0 Å². The van der Waals surface area contributed by atoms with Crippen LogP contribution in [0.1, 0.15) is 32.8 Å². The normalized spacial score (nSPS) is 16.0. The molecule has 0 saturated carbocycles. The summed E-state index contributed by atoms with van der Waals surface area (Å²) in [5, 5.41) is 2.26. The first-order valence-corrected chi connectivity index (χ1v) is 12.4. The van der Waals surface area contributed by atoms with E-state index in [1.165, 1.54) is 0 Å². The summed E-state index contributed by atoms with van der Waals surface area (Å²) in [7, 11) is 0. The molecule has 0 unspecified atom stereocenters. The Morgan fingerprint density at radius 2 is 1.61 bits per heavy atom. The number of fused-ring (bicyclic) bond motifs is 1. The monoisotopic (exact) mass is 490 g/mol. The molecule has 1 heterocycles. The van der Waals surface area contributed by atoms with Crippen molar-refractivity contribution in [1.82, 2.24) is 9.80 Å². The molecule has 1 atom stereocenters. The Morgan fingerprint density at radius 1 is 0.889 bits per heavy atom. The highest BCUT2D eigenvalue weighted by molar-refractivity contribution is 5.83. The molecule has 0 bridgehead atoms. The number of carbonyl (C=O) groups excluding carboxylic acids is 2. The van der Waals surface area contributed by atoms with Crippen LogP contribution in [0.5, 0.6) is 5.75 Å². The van der Waals surface area contributed by atoms with Crippen molar-refractivity contribution in [2.24, 2.45) is 0 Å². The fourth-order valence-corrected chi connectivity index (χ4v) is 4.21. The molecular formula is C29H34N2O5. The third kappa shape index (κ3) is 6.90. The first-order chi connectivity index (χ1) is 17.3. The molecular weight excluding hydrogens is 456 g/mol. The Morgan fingerprint density at radius 3 is 2.36 bits per heavy atom. The molecule has 0 radical (unpaired) electrons. The number of benzene rings is 3. The van der Waals surface area contributed by atoms with Gasteiger partial charge >= 0.3 is 12.2 Å². The molecule has 3 aromatic rings. The molecule has 2 amide bonds. The van der Waals surface area contributed by atoms with Crippen LogP contribution in [-0.2, 0) is 16.1 Å². The van der Waals surface area contributed by atoms with Gasteiger partial charge in [0.15, 0.2) is 0 Å². The highest BCUT2D eigenvalue weighted by Crippen LogP contribution is 2.22. The minimum absolute atomic E-state index is 0.210. The molecule has 0 spiro atoms. The van der Waals surface area contributed by atoms with E-state index in [2.05, 4.69) is 6.07 Å². The quantitative estimate of drug-likeness (QED) is 0.432. The number of carbonyl (C=O) groups is 2. The second-order valence-electron chi connectivity index (χ2n) is 9.96. The van der Waals surface area contributed by atoms with E-state index in [4.69, 9.17) is 14.2 Å². The Labute approximate surface area is 212 Å². The molecule has 7 nitrogen and oxygen atoms in total. The van der Waals surface area contributed by atoms with Gasteiger partial charge in [0.05, 0.1) is 12.6 Å². The molecule has 1 saturated heterocycles. The zero-order valence-corrected chi connectivity index (χ0v) is 21.2. The van der Waals surface area contributed by atoms with E-state index < -0.39 is 5.60 Å². The van der Waals surface area contributed by atoms with Crippen LogP contribution < -0.4 is 4.74 Å². The summed E-state index contributed by atoms with van der Waals surface area (Å²) in [5.41, 5.74) is 0.327. The van der Waals surface area contributed by atoms with Gasteiger partial charge in [-0.25, -0.2) is 9.59 Å². The Hall–Kier alpha value is -3.74. The van der Waals surface area contributed by atoms with Gasteiger partial charge in [0, 0.05) is 26.1 Å². The number of piperazine rings is 1. The molecule has 1 fully saturated rings. The summed E-state index contributed by atoms with van der Waals surface area (Å²) in [6.45, 7) is 7.26. The zero-order valence-electron chi connectivity index (χ0n) is 21.2. The third-order valence-electron chi connectivity index (χ3n) is 6.01. The van der Waals surface area contributed by atoms with Crippen LogP contribution in [-0.4, -0.2) is 59.9 Å². The number of nitrogens with zero attached hydrogens (tertiary/aromatic N) is 2. The Balaban J connectivity index is 1.39. The van der Waals surface area contributed by atoms with Crippen LogP contribution >= 0.6 is 0 Å². The van der Waals surface area contributed by atoms with Crippen LogP contribution in [0.3, 0.4) is 0 Å². The topological polar surface area (TPSA) is 68.3 Å². The predicted octanol–water partition coefficient (Wildman–Crippen LogP) is 5.87. The van der Waals surface area contributed by atoms with Crippen molar-refractivity contribution in [2.75, 3.05) is 26.2 Å². The maximum atomic E-state index is 12.9. The second kappa shape index (κ2) is 11.3. The first kappa shape index (κ1) is 25.4. The van der Waals surface area contributed by atoms with Crippen LogP contribution in [0.25, 0.3) is 10.8 Å². The minimum Gasteiger partial charge on any atom is -0.493 e. The van der Waals surface area contributed by atoms with E-state index in [-0.39, 0.29) is 24.8 Å². The molecule has 7 heteroatoms. The number of ether oxygens (including phenoxy) is 3. The number of rotatable bonds is 6. The molecule has 1 aliphatic heterocycles. The van der Waals surface area contributed by atoms with E-state index in [9.17, 15) is 9.59 Å². The average Bonchev–Trinajstić information content (AvgIpc) is 2.86. The SMILES string of the molecule is CC(C)(C)OC(=O)N1CCN(C(=O)OCc2ccccc2)C[C@H]1CCOc1ccc2ccccc2c1. The van der Waals surface area contributed by atoms with Gasteiger partial charge in [-0.1, -0.05) is 60.7 Å². The fourth-order valence-electron chi connectivity index (χ4n) is 4.21. The molecule has 1 aliphatic rings. The molecule has 0 aromatic heterocycles. The average molecular weight is 491 g/mol. The smallest absolute Gasteiger partial charge is 0.410 e. The minimum atomic E-state index is -0.602. The van der Waals surface area contributed by atoms with Crippen molar-refractivity contribution in [2.45, 2.75) is 45.4 Å². The Kier molecular flexibility index (Phi) is 7.98. The van der Waals surface area contributed by atoms with Gasteiger partial charge in [-0.15, -0.1) is 0 Å². The van der Waals surface area contributed by atoms with Crippen molar-refractivity contribution in [3.05, 3.63) is 78.4 Å². The number of amides is 2. The second-order valence-corrected chi connectivity index (χ2v) is 9.96. The van der Waals surface area contributed by atoms with Crippen molar-refractivity contribution in [1.29, 1.82) is 0 Å². The summed E-state index contributed by atoms with van der Waals surface area (Å²) in [4.78, 5) is 29.1. The van der Waals surface area contributed by atoms with Gasteiger partial charge in [0.25, 0.3) is 0 Å². The maximum Gasteiger partial charge on any atom is 0.410 e. The van der Waals surface area contributed by atoms with Crippen LogP contribution in [0.15, 0.2) is 72.8 Å². The van der Waals surface area contributed by atoms with E-state index >= 15 is 0 Å². The lowest BCUT2D eigenvalue weighted by molar-refractivity contribution is -0.00614. The lowest BCUT2D eigenvalue weighted by Gasteiger charge is -2.41. The standard InChI is InChI=1S/C29H34N2O5/c1-29(2,3)36-28(33)31-17-16-30(27(32)35-21-22-9-5-4-6-10-22)20-25(31)15-18-34-26-14-13-23-11-7-8-12-24(23)19-26/h4-14,19,25H,15-18,20-21H2,1-3H3/t25-/m1/s1. The largest absolute Gasteiger partial charge is 0.493 e. The lowest BCUT2D eigenvalue weighted by Crippen LogP contribution is -2.57. The van der Waals surface area contributed by atoms with Gasteiger partial charge in [-0.05, 0) is 49.2 Å². The van der Waals surface area contributed by atoms with Crippen LogP contribution in [0, 0.1) is 0 Å². The fraction of sp³-hybridized carbons (Fsp3) is 0.379. The molecule has 36 heavy (non-hydrogen) atoms. The molecule has 3 aromatic carbocycles. The summed E-state index contributed by atoms with van der Waals surface area (Å²) < 4.78 is 17.2. The van der Waals surface area contributed by atoms with Gasteiger partial charge in [-0.2, -0.15) is 0 Å². The molecule has 0 aliphatic carbocycles. The molecule has 4 rings (SSSR count). The van der Waals surface area contributed by atoms with E-state index in [0.29, 0.717) is 32.7 Å². The predicted molar refractivity (Wildman–Crippen MR) is 139 cm³/mol. The van der Waals surface area contributed by atoms with E-state index in [0.717, 1.165) is 22.1 Å². The van der Waals surface area contributed by atoms with Crippen molar-refractivity contribution < 1.29 is 23.8 Å². The van der Waals surface area contributed by atoms with Crippen molar-refractivity contribution in [3.63, 3.8) is 0 Å². The van der Waals surface area contributed by atoms with Crippen LogP contribution in [0.2, 0.25) is 0 Å². The van der Waals surface area contributed by atoms with Crippen molar-refractivity contribution in [3.8, 4) is 5.75 Å². The summed E-state index contributed by atoms with van der Waals surface area (Å²) >= 11 is 0. The van der Waals surface area contributed by atoms with Gasteiger partial charge in [0.2, 0.25) is 0 Å². The Bertz CT molecular complexity index is 1180. The molecule has 190 valence electrons. The summed E-state index contributed by atoms with van der Waals surface area (Å²) in [6, 6.07) is 23.4. The van der Waals surface area contributed by atoms with Gasteiger partial charge in [-0.3, -0.25) is 0 Å². The molecule has 0 N–H and O–H groups in total. The van der Waals surface area contributed by atoms with Gasteiger partial charge in [0.1, 0.15) is 18.0 Å². The van der Waals surface area contributed by atoms with E-state index in [1.54, 1.807) is 9.80 Å². The highest BCUT2D eigenvalue weighted by atomic mass is 16.6. The first-order valence-electron chi connectivity index (χ1n) is 12.4. The van der Waals surface area contributed by atoms with Gasteiger partial charge < -0.3 is 24.0 Å². The summed E-state index contributed by atoms with van der Waals surface area (Å²) in [6.07, 6.45) is -0.215. The van der Waals surface area contributed by atoms with E-state index in [1.807, 2.05) is 87.5 Å². The highest BCUT2D eigenvalue weighted by Gasteiger charge is 2.35. The third-order valence-corrected chi connectivity index (χ3v) is 6.01. The maximum absolute atomic E-state index is 12.9. The lowest BCUT2D eigenvalue weighted by atomic mass is 10.1. The summed E-state index contributed by atoms with van der Waals surface area (Å²) in [5.74, 6) is 0.771. The number of hydrogen-bond acceptors (Lipinski definition) is 5. The van der Waals surface area contributed by atoms with Crippen LogP contribution in [0.4, 0.5) is 9.59 Å². The number of hydrogen-bond donors (Lipinski definition) is 0. The zero-order chi connectivity index (χ0) is 25.5.